The second-order valence-corrected chi connectivity index (χ2v) is 7.92. The number of hydrogen-bond acceptors (Lipinski definition) is 4. The average molecular weight is 469 g/mol. The van der Waals surface area contributed by atoms with Crippen LogP contribution in [0.25, 0.3) is 11.1 Å². The molecule has 0 fully saturated rings. The Kier molecular flexibility index (Phi) is 5.33. The second-order valence-electron chi connectivity index (χ2n) is 7.92. The number of amides is 3. The van der Waals surface area contributed by atoms with E-state index in [4.69, 9.17) is 5.73 Å². The van der Waals surface area contributed by atoms with Crippen molar-refractivity contribution in [1.29, 1.82) is 0 Å². The fraction of sp³-hybridized carbons (Fsp3) is 0. The zero-order chi connectivity index (χ0) is 24.7. The molecule has 0 atom stereocenters. The summed E-state index contributed by atoms with van der Waals surface area (Å²) >= 11 is 0. The summed E-state index contributed by atoms with van der Waals surface area (Å²) in [5.74, 6) is -3.27. The number of imide groups is 1. The van der Waals surface area contributed by atoms with Crippen LogP contribution in [0.1, 0.15) is 31.1 Å². The molecule has 6 nitrogen and oxygen atoms in total. The van der Waals surface area contributed by atoms with E-state index in [-0.39, 0.29) is 11.3 Å². The van der Waals surface area contributed by atoms with Crippen molar-refractivity contribution in [3.05, 3.63) is 113 Å². The Bertz CT molecular complexity index is 1480. The van der Waals surface area contributed by atoms with E-state index in [9.17, 15) is 23.2 Å². The fourth-order valence-electron chi connectivity index (χ4n) is 3.90. The molecular weight excluding hydrogens is 452 g/mol. The number of carbonyl (C=O) groups is 3. The molecule has 3 N–H and O–H groups in total. The number of fused-ring (bicyclic) bond motifs is 1. The summed E-state index contributed by atoms with van der Waals surface area (Å²) < 4.78 is 26.9. The maximum atomic E-state index is 13.6. The smallest absolute Gasteiger partial charge is 0.266 e. The van der Waals surface area contributed by atoms with Crippen molar-refractivity contribution in [2.75, 3.05) is 16.0 Å². The van der Waals surface area contributed by atoms with Crippen LogP contribution in [-0.4, -0.2) is 17.7 Å². The van der Waals surface area contributed by atoms with E-state index in [0.717, 1.165) is 17.0 Å². The third-order valence-corrected chi connectivity index (χ3v) is 5.74. The van der Waals surface area contributed by atoms with Gasteiger partial charge in [0.25, 0.3) is 17.7 Å². The number of nitrogen functional groups attached to an aromatic ring is 1. The molecule has 0 aliphatic carbocycles. The van der Waals surface area contributed by atoms with Crippen LogP contribution < -0.4 is 16.0 Å². The standard InChI is InChI=1S/C27H17F2N3O3/c28-21-11-7-16(13-22(21)29)17-8-12-23(30)24(14-17)31-25(33)15-5-9-18(10-6-15)32-26(34)19-3-1-2-4-20(19)27(32)35/h1-14H,30H2,(H,31,33). The summed E-state index contributed by atoms with van der Waals surface area (Å²) in [4.78, 5) is 39.2. The number of carbonyl (C=O) groups excluding carboxylic acids is 3. The lowest BCUT2D eigenvalue weighted by atomic mass is 10.0. The molecule has 35 heavy (non-hydrogen) atoms. The van der Waals surface area contributed by atoms with Crippen molar-refractivity contribution in [3.8, 4) is 11.1 Å². The molecule has 4 aromatic carbocycles. The monoisotopic (exact) mass is 469 g/mol. The largest absolute Gasteiger partial charge is 0.397 e. The van der Waals surface area contributed by atoms with Crippen LogP contribution in [0.15, 0.2) is 84.9 Å². The van der Waals surface area contributed by atoms with Crippen LogP contribution in [0.2, 0.25) is 0 Å². The first-order chi connectivity index (χ1) is 16.8. The van der Waals surface area contributed by atoms with Crippen molar-refractivity contribution >= 4 is 34.8 Å². The molecule has 0 radical (unpaired) electrons. The molecule has 8 heteroatoms. The number of nitrogens with two attached hydrogens (primary N) is 1. The van der Waals surface area contributed by atoms with Crippen molar-refractivity contribution in [2.24, 2.45) is 0 Å². The first-order valence-corrected chi connectivity index (χ1v) is 10.6. The minimum absolute atomic E-state index is 0.267. The highest BCUT2D eigenvalue weighted by Gasteiger charge is 2.36. The van der Waals surface area contributed by atoms with Crippen molar-refractivity contribution in [1.82, 2.24) is 0 Å². The Labute approximate surface area is 198 Å². The van der Waals surface area contributed by atoms with Gasteiger partial charge in [-0.1, -0.05) is 24.3 Å². The molecule has 0 saturated carbocycles. The Hall–Kier alpha value is -4.85. The van der Waals surface area contributed by atoms with E-state index in [1.807, 2.05) is 0 Å². The van der Waals surface area contributed by atoms with E-state index in [2.05, 4.69) is 5.32 Å². The zero-order valence-electron chi connectivity index (χ0n) is 18.1. The van der Waals surface area contributed by atoms with E-state index >= 15 is 0 Å². The average Bonchev–Trinajstić information content (AvgIpc) is 3.12. The Morgan fingerprint density at radius 3 is 1.97 bits per heavy atom. The van der Waals surface area contributed by atoms with Crippen LogP contribution in [0, 0.1) is 11.6 Å². The van der Waals surface area contributed by atoms with Crippen LogP contribution >= 0.6 is 0 Å². The minimum atomic E-state index is -0.983. The lowest BCUT2D eigenvalue weighted by molar-refractivity contribution is 0.0925. The van der Waals surface area contributed by atoms with Crippen LogP contribution in [0.5, 0.6) is 0 Å². The van der Waals surface area contributed by atoms with Gasteiger partial charge in [0.1, 0.15) is 0 Å². The summed E-state index contributed by atoms with van der Waals surface area (Å²) in [6.45, 7) is 0. The lowest BCUT2D eigenvalue weighted by Crippen LogP contribution is -2.29. The highest BCUT2D eigenvalue weighted by molar-refractivity contribution is 6.34. The number of hydrogen-bond donors (Lipinski definition) is 2. The van der Waals surface area contributed by atoms with Gasteiger partial charge in [-0.3, -0.25) is 14.4 Å². The number of nitrogens with one attached hydrogen (secondary N) is 1. The van der Waals surface area contributed by atoms with Crippen LogP contribution in [0.4, 0.5) is 25.8 Å². The van der Waals surface area contributed by atoms with Gasteiger partial charge < -0.3 is 11.1 Å². The van der Waals surface area contributed by atoms with Gasteiger partial charge in [-0.25, -0.2) is 13.7 Å². The van der Waals surface area contributed by atoms with Gasteiger partial charge in [0.05, 0.1) is 28.2 Å². The highest BCUT2D eigenvalue weighted by Crippen LogP contribution is 2.30. The molecule has 5 rings (SSSR count). The number of anilines is 3. The molecule has 4 aromatic rings. The predicted molar refractivity (Wildman–Crippen MR) is 128 cm³/mol. The third kappa shape index (κ3) is 3.91. The predicted octanol–water partition coefficient (Wildman–Crippen LogP) is 5.27. The SMILES string of the molecule is Nc1ccc(-c2ccc(F)c(F)c2)cc1NC(=O)c1ccc(N2C(=O)c3ccccc3C2=O)cc1. The summed E-state index contributed by atoms with van der Waals surface area (Å²) in [5, 5.41) is 2.70. The molecule has 1 aliphatic rings. The number of halogens is 2. The fourth-order valence-corrected chi connectivity index (χ4v) is 3.90. The minimum Gasteiger partial charge on any atom is -0.397 e. The van der Waals surface area contributed by atoms with Crippen molar-refractivity contribution < 1.29 is 23.2 Å². The molecule has 0 saturated heterocycles. The number of rotatable bonds is 4. The van der Waals surface area contributed by atoms with Crippen molar-refractivity contribution in [2.45, 2.75) is 0 Å². The molecule has 0 aromatic heterocycles. The van der Waals surface area contributed by atoms with E-state index < -0.39 is 29.4 Å². The first kappa shape index (κ1) is 22.0. The number of nitrogens with zero attached hydrogens (tertiary/aromatic N) is 1. The second kappa shape index (κ2) is 8.49. The molecule has 172 valence electrons. The lowest BCUT2D eigenvalue weighted by Gasteiger charge is -2.15. The summed E-state index contributed by atoms with van der Waals surface area (Å²) in [6, 6.07) is 20.8. The third-order valence-electron chi connectivity index (χ3n) is 5.74. The van der Waals surface area contributed by atoms with Gasteiger partial charge in [-0.2, -0.15) is 0 Å². The van der Waals surface area contributed by atoms with E-state index in [1.54, 1.807) is 42.5 Å². The van der Waals surface area contributed by atoms with Gasteiger partial charge in [-0.05, 0) is 71.8 Å². The summed E-state index contributed by atoms with van der Waals surface area (Å²) in [7, 11) is 0. The Balaban J connectivity index is 1.36. The van der Waals surface area contributed by atoms with Gasteiger partial charge in [-0.15, -0.1) is 0 Å². The molecular formula is C27H17F2N3O3. The van der Waals surface area contributed by atoms with Gasteiger partial charge in [0.15, 0.2) is 11.6 Å². The zero-order valence-corrected chi connectivity index (χ0v) is 18.1. The van der Waals surface area contributed by atoms with Gasteiger partial charge in [0.2, 0.25) is 0 Å². The van der Waals surface area contributed by atoms with E-state index in [1.165, 1.54) is 30.3 Å². The molecule has 1 aliphatic heterocycles. The molecule has 3 amide bonds. The summed E-state index contributed by atoms with van der Waals surface area (Å²) in [5.41, 5.74) is 8.80. The van der Waals surface area contributed by atoms with Crippen molar-refractivity contribution in [3.63, 3.8) is 0 Å². The van der Waals surface area contributed by atoms with Gasteiger partial charge >= 0.3 is 0 Å². The normalized spacial score (nSPS) is 12.6. The van der Waals surface area contributed by atoms with Gasteiger partial charge in [0, 0.05) is 5.56 Å². The molecule has 0 spiro atoms. The van der Waals surface area contributed by atoms with Crippen LogP contribution in [-0.2, 0) is 0 Å². The van der Waals surface area contributed by atoms with E-state index in [0.29, 0.717) is 33.6 Å². The number of benzene rings is 4. The highest BCUT2D eigenvalue weighted by atomic mass is 19.2. The molecule has 1 heterocycles. The maximum absolute atomic E-state index is 13.6. The Morgan fingerprint density at radius 2 is 1.34 bits per heavy atom. The molecule has 0 bridgehead atoms. The Morgan fingerprint density at radius 1 is 0.743 bits per heavy atom. The quantitative estimate of drug-likeness (QED) is 0.315. The topological polar surface area (TPSA) is 92.5 Å². The first-order valence-electron chi connectivity index (χ1n) is 10.6. The molecule has 0 unspecified atom stereocenters. The maximum Gasteiger partial charge on any atom is 0.266 e. The van der Waals surface area contributed by atoms with Crippen LogP contribution in [0.3, 0.4) is 0 Å². The summed E-state index contributed by atoms with van der Waals surface area (Å²) in [6.07, 6.45) is 0.